The highest BCUT2D eigenvalue weighted by molar-refractivity contribution is 7.91. The van der Waals surface area contributed by atoms with E-state index >= 15 is 0 Å². The number of rotatable bonds is 6. The highest BCUT2D eigenvalue weighted by Crippen LogP contribution is 2.34. The molecule has 8 heteroatoms. The maximum Gasteiger partial charge on any atom is 0.250 e. The molecule has 3 aromatic rings. The van der Waals surface area contributed by atoms with Crippen LogP contribution >= 0.6 is 11.3 Å². The molecular weight excluding hydrogens is 406 g/mol. The number of methoxy groups -OCH3 is 1. The van der Waals surface area contributed by atoms with Crippen LogP contribution in [-0.2, 0) is 10.0 Å². The molecule has 0 bridgehead atoms. The van der Waals surface area contributed by atoms with Crippen molar-refractivity contribution in [3.63, 3.8) is 0 Å². The number of nitrogens with zero attached hydrogens (tertiary/aromatic N) is 2. The van der Waals surface area contributed by atoms with Crippen molar-refractivity contribution in [2.24, 2.45) is 0 Å². The highest BCUT2D eigenvalue weighted by Gasteiger charge is 2.29. The molecule has 1 aliphatic carbocycles. The molecular formula is C21H23N3O3S2. The van der Waals surface area contributed by atoms with Crippen LogP contribution in [0, 0.1) is 13.8 Å². The van der Waals surface area contributed by atoms with Gasteiger partial charge >= 0.3 is 0 Å². The quantitative estimate of drug-likeness (QED) is 0.602. The maximum atomic E-state index is 12.5. The van der Waals surface area contributed by atoms with Crippen molar-refractivity contribution in [2.75, 3.05) is 7.11 Å². The summed E-state index contributed by atoms with van der Waals surface area (Å²) >= 11 is 1.22. The third-order valence-corrected chi connectivity index (χ3v) is 8.07. The summed E-state index contributed by atoms with van der Waals surface area (Å²) in [5, 5.41) is 6.49. The van der Waals surface area contributed by atoms with Gasteiger partial charge < -0.3 is 4.74 Å². The molecule has 29 heavy (non-hydrogen) atoms. The SMILES string of the molecule is COc1ccc(-n2nc(C)c([C@@H]3C=C[C@@H](NS(=O)(=O)c4cccs4)C3)c2C)cc1. The van der Waals surface area contributed by atoms with Gasteiger partial charge in [-0.05, 0) is 56.0 Å². The van der Waals surface area contributed by atoms with Crippen molar-refractivity contribution in [3.05, 3.63) is 70.9 Å². The fourth-order valence-electron chi connectivity index (χ4n) is 3.84. The molecule has 0 amide bonds. The minimum atomic E-state index is -3.49. The van der Waals surface area contributed by atoms with Crippen LogP contribution in [0.3, 0.4) is 0 Å². The Kier molecular flexibility index (Phi) is 5.33. The minimum Gasteiger partial charge on any atom is -0.497 e. The molecule has 152 valence electrons. The van der Waals surface area contributed by atoms with Crippen LogP contribution in [0.1, 0.15) is 29.3 Å². The largest absolute Gasteiger partial charge is 0.497 e. The van der Waals surface area contributed by atoms with Gasteiger partial charge in [0.15, 0.2) is 0 Å². The van der Waals surface area contributed by atoms with Crippen molar-refractivity contribution in [2.45, 2.75) is 36.4 Å². The summed E-state index contributed by atoms with van der Waals surface area (Å²) in [4.78, 5) is 0. The van der Waals surface area contributed by atoms with E-state index in [1.807, 2.05) is 41.9 Å². The summed E-state index contributed by atoms with van der Waals surface area (Å²) in [7, 11) is -1.84. The average molecular weight is 430 g/mol. The molecule has 1 aromatic carbocycles. The van der Waals surface area contributed by atoms with Crippen LogP contribution in [-0.4, -0.2) is 31.3 Å². The van der Waals surface area contributed by atoms with Gasteiger partial charge in [-0.25, -0.2) is 17.8 Å². The predicted molar refractivity (Wildman–Crippen MR) is 115 cm³/mol. The first-order valence-corrected chi connectivity index (χ1v) is 11.7. The number of allylic oxidation sites excluding steroid dienone is 1. The van der Waals surface area contributed by atoms with Gasteiger partial charge in [0, 0.05) is 23.2 Å². The summed E-state index contributed by atoms with van der Waals surface area (Å²) in [5.74, 6) is 0.924. The number of aryl methyl sites for hydroxylation is 1. The molecule has 6 nitrogen and oxygen atoms in total. The van der Waals surface area contributed by atoms with Gasteiger partial charge in [-0.2, -0.15) is 5.10 Å². The zero-order chi connectivity index (χ0) is 20.6. The first kappa shape index (κ1) is 19.9. The Morgan fingerprint density at radius 2 is 1.93 bits per heavy atom. The molecule has 0 aliphatic heterocycles. The average Bonchev–Trinajstić information content (AvgIpc) is 3.43. The second kappa shape index (κ2) is 7.78. The lowest BCUT2D eigenvalue weighted by Gasteiger charge is -2.14. The molecule has 0 saturated heterocycles. The summed E-state index contributed by atoms with van der Waals surface area (Å²) in [5.41, 5.74) is 4.13. The zero-order valence-corrected chi connectivity index (χ0v) is 18.1. The third-order valence-electron chi connectivity index (χ3n) is 5.19. The van der Waals surface area contributed by atoms with E-state index in [2.05, 4.69) is 17.7 Å². The number of hydrogen-bond acceptors (Lipinski definition) is 5. The van der Waals surface area contributed by atoms with E-state index in [0.29, 0.717) is 10.6 Å². The first-order chi connectivity index (χ1) is 13.9. The summed E-state index contributed by atoms with van der Waals surface area (Å²) in [6.07, 6.45) is 4.71. The van der Waals surface area contributed by atoms with E-state index in [1.54, 1.807) is 24.6 Å². The van der Waals surface area contributed by atoms with E-state index in [0.717, 1.165) is 28.4 Å². The van der Waals surface area contributed by atoms with Gasteiger partial charge in [-0.3, -0.25) is 0 Å². The lowest BCUT2D eigenvalue weighted by molar-refractivity contribution is 0.414. The molecule has 0 spiro atoms. The zero-order valence-electron chi connectivity index (χ0n) is 16.5. The van der Waals surface area contributed by atoms with E-state index in [4.69, 9.17) is 9.84 Å². The molecule has 1 N–H and O–H groups in total. The monoisotopic (exact) mass is 429 g/mol. The molecule has 0 unspecified atom stereocenters. The topological polar surface area (TPSA) is 73.2 Å². The van der Waals surface area contributed by atoms with Crippen LogP contribution in [0.25, 0.3) is 5.69 Å². The standard InChI is InChI=1S/C21H23N3O3S2/c1-14-21(15(2)24(22-14)18-8-10-19(27-3)11-9-18)16-6-7-17(13-16)23-29(25,26)20-5-4-12-28-20/h4-12,16-17,23H,13H2,1-3H3/t16-,17-/m1/s1. The molecule has 0 radical (unpaired) electrons. The summed E-state index contributed by atoms with van der Waals surface area (Å²) in [6, 6.07) is 10.9. The number of thiophene rings is 1. The number of ether oxygens (including phenoxy) is 1. The Hall–Kier alpha value is -2.42. The van der Waals surface area contributed by atoms with E-state index < -0.39 is 10.0 Å². The Bertz CT molecular complexity index is 1130. The van der Waals surface area contributed by atoms with Crippen LogP contribution in [0.4, 0.5) is 0 Å². The van der Waals surface area contributed by atoms with Gasteiger partial charge in [-0.15, -0.1) is 11.3 Å². The predicted octanol–water partition coefficient (Wildman–Crippen LogP) is 3.95. The van der Waals surface area contributed by atoms with Gasteiger partial charge in [0.05, 0.1) is 18.5 Å². The molecule has 0 saturated carbocycles. The third kappa shape index (κ3) is 3.88. The highest BCUT2D eigenvalue weighted by atomic mass is 32.2. The second-order valence-corrected chi connectivity index (χ2v) is 9.97. The fraction of sp³-hybridized carbons (Fsp3) is 0.286. The molecule has 4 rings (SSSR count). The van der Waals surface area contributed by atoms with Crippen LogP contribution in [0.2, 0.25) is 0 Å². The Labute approximate surface area is 174 Å². The fourth-order valence-corrected chi connectivity index (χ4v) is 6.05. The van der Waals surface area contributed by atoms with Crippen LogP contribution < -0.4 is 9.46 Å². The van der Waals surface area contributed by atoms with Crippen molar-refractivity contribution >= 4 is 21.4 Å². The maximum absolute atomic E-state index is 12.5. The van der Waals surface area contributed by atoms with Gasteiger partial charge in [0.2, 0.25) is 0 Å². The molecule has 1 aliphatic rings. The first-order valence-electron chi connectivity index (χ1n) is 9.34. The van der Waals surface area contributed by atoms with Crippen LogP contribution in [0.5, 0.6) is 5.75 Å². The van der Waals surface area contributed by atoms with E-state index in [-0.39, 0.29) is 12.0 Å². The van der Waals surface area contributed by atoms with Crippen molar-refractivity contribution in [1.29, 1.82) is 0 Å². The molecule has 0 fully saturated rings. The second-order valence-electron chi connectivity index (χ2n) is 7.08. The molecule has 2 aromatic heterocycles. The minimum absolute atomic E-state index is 0.123. The molecule has 2 atom stereocenters. The Morgan fingerprint density at radius 3 is 2.59 bits per heavy atom. The summed E-state index contributed by atoms with van der Waals surface area (Å²) < 4.78 is 35.3. The van der Waals surface area contributed by atoms with Crippen LogP contribution in [0.15, 0.2) is 58.1 Å². The van der Waals surface area contributed by atoms with E-state index in [1.165, 1.54) is 11.3 Å². The van der Waals surface area contributed by atoms with E-state index in [9.17, 15) is 8.42 Å². The number of hydrogen-bond donors (Lipinski definition) is 1. The van der Waals surface area contributed by atoms with Crippen molar-refractivity contribution in [3.8, 4) is 11.4 Å². The lowest BCUT2D eigenvalue weighted by atomic mass is 9.96. The lowest BCUT2D eigenvalue weighted by Crippen LogP contribution is -2.32. The molecule has 2 heterocycles. The number of nitrogens with one attached hydrogen (secondary N) is 1. The smallest absolute Gasteiger partial charge is 0.250 e. The Morgan fingerprint density at radius 1 is 1.17 bits per heavy atom. The van der Waals surface area contributed by atoms with Gasteiger partial charge in [-0.1, -0.05) is 18.2 Å². The van der Waals surface area contributed by atoms with Crippen molar-refractivity contribution < 1.29 is 13.2 Å². The Balaban J connectivity index is 1.54. The van der Waals surface area contributed by atoms with Crippen molar-refractivity contribution in [1.82, 2.24) is 14.5 Å². The van der Waals surface area contributed by atoms with Gasteiger partial charge in [0.1, 0.15) is 9.96 Å². The van der Waals surface area contributed by atoms with Gasteiger partial charge in [0.25, 0.3) is 10.0 Å². The number of aromatic nitrogens is 2. The normalized spacial score (nSPS) is 19.0. The number of benzene rings is 1. The number of sulfonamides is 1. The summed E-state index contributed by atoms with van der Waals surface area (Å²) in [6.45, 7) is 4.05.